The molecule has 21 heavy (non-hydrogen) atoms. The minimum atomic E-state index is 0.144. The van der Waals surface area contributed by atoms with Gasteiger partial charge in [0, 0.05) is 18.7 Å². The number of hydrogen-bond donors (Lipinski definition) is 2. The minimum absolute atomic E-state index is 0.144. The van der Waals surface area contributed by atoms with Crippen molar-refractivity contribution in [3.05, 3.63) is 65.7 Å². The molecular formula is C18H21N3. The molecule has 0 saturated heterocycles. The van der Waals surface area contributed by atoms with Gasteiger partial charge in [0.15, 0.2) is 0 Å². The van der Waals surface area contributed by atoms with Crippen LogP contribution < -0.4 is 10.6 Å². The molecule has 2 aromatic carbocycles. The van der Waals surface area contributed by atoms with E-state index in [1.807, 2.05) is 6.07 Å². The molecule has 2 aromatic rings. The maximum absolute atomic E-state index is 7.73. The Labute approximate surface area is 125 Å². The molecule has 1 unspecified atom stereocenters. The molecule has 1 aliphatic rings. The van der Waals surface area contributed by atoms with Crippen molar-refractivity contribution in [3.63, 3.8) is 0 Å². The van der Waals surface area contributed by atoms with Crippen molar-refractivity contribution in [2.75, 3.05) is 11.4 Å². The predicted molar refractivity (Wildman–Crippen MR) is 87.8 cm³/mol. The van der Waals surface area contributed by atoms with E-state index in [0.29, 0.717) is 6.42 Å². The van der Waals surface area contributed by atoms with E-state index in [2.05, 4.69) is 53.4 Å². The molecule has 3 heteroatoms. The van der Waals surface area contributed by atoms with Crippen molar-refractivity contribution in [1.29, 1.82) is 5.41 Å². The van der Waals surface area contributed by atoms with Gasteiger partial charge < -0.3 is 10.6 Å². The fraction of sp³-hybridized carbons (Fsp3) is 0.278. The highest BCUT2D eigenvalue weighted by atomic mass is 15.2. The Hall–Kier alpha value is -2.29. The zero-order valence-corrected chi connectivity index (χ0v) is 12.1. The van der Waals surface area contributed by atoms with E-state index < -0.39 is 0 Å². The van der Waals surface area contributed by atoms with Gasteiger partial charge >= 0.3 is 0 Å². The van der Waals surface area contributed by atoms with Crippen LogP contribution in [0.25, 0.3) is 0 Å². The lowest BCUT2D eigenvalue weighted by molar-refractivity contribution is 0.593. The molecule has 1 aliphatic heterocycles. The monoisotopic (exact) mass is 279 g/mol. The molecule has 0 radical (unpaired) electrons. The molecule has 0 spiro atoms. The number of aryl methyl sites for hydroxylation is 1. The largest absolute Gasteiger partial charge is 0.388 e. The van der Waals surface area contributed by atoms with Crippen LogP contribution in [0.5, 0.6) is 0 Å². The van der Waals surface area contributed by atoms with E-state index in [1.54, 1.807) is 0 Å². The maximum atomic E-state index is 7.73. The Morgan fingerprint density at radius 3 is 2.57 bits per heavy atom. The summed E-state index contributed by atoms with van der Waals surface area (Å²) in [6.07, 6.45) is 2.85. The topological polar surface area (TPSA) is 53.1 Å². The number of anilines is 1. The summed E-state index contributed by atoms with van der Waals surface area (Å²) in [6, 6.07) is 19.1. The SMILES string of the molecule is N=C(N)CC(c1ccccc1)N1CCCc2ccccc21. The Balaban J connectivity index is 2.00. The number of rotatable bonds is 4. The molecule has 3 N–H and O–H groups in total. The lowest BCUT2D eigenvalue weighted by Gasteiger charge is -2.38. The molecule has 1 atom stereocenters. The Bertz CT molecular complexity index is 621. The highest BCUT2D eigenvalue weighted by molar-refractivity contribution is 5.78. The van der Waals surface area contributed by atoms with Gasteiger partial charge in [0.2, 0.25) is 0 Å². The molecule has 0 aromatic heterocycles. The molecule has 3 nitrogen and oxygen atoms in total. The number of nitrogens with zero attached hydrogens (tertiary/aromatic N) is 1. The fourth-order valence-corrected chi connectivity index (χ4v) is 3.18. The number of nitrogens with two attached hydrogens (primary N) is 1. The molecule has 3 rings (SSSR count). The van der Waals surface area contributed by atoms with E-state index in [9.17, 15) is 0 Å². The maximum Gasteiger partial charge on any atom is 0.0929 e. The smallest absolute Gasteiger partial charge is 0.0929 e. The summed E-state index contributed by atoms with van der Waals surface area (Å²) in [7, 11) is 0. The van der Waals surface area contributed by atoms with Gasteiger partial charge in [-0.1, -0.05) is 48.5 Å². The van der Waals surface area contributed by atoms with Gasteiger partial charge in [-0.25, -0.2) is 0 Å². The molecule has 1 heterocycles. The van der Waals surface area contributed by atoms with Crippen molar-refractivity contribution in [2.24, 2.45) is 5.73 Å². The lowest BCUT2D eigenvalue weighted by Crippen LogP contribution is -2.35. The predicted octanol–water partition coefficient (Wildman–Crippen LogP) is 3.51. The van der Waals surface area contributed by atoms with Gasteiger partial charge in [-0.15, -0.1) is 0 Å². The molecular weight excluding hydrogens is 258 g/mol. The van der Waals surface area contributed by atoms with E-state index >= 15 is 0 Å². The fourth-order valence-electron chi connectivity index (χ4n) is 3.18. The van der Waals surface area contributed by atoms with Crippen LogP contribution in [0.4, 0.5) is 5.69 Å². The average Bonchev–Trinajstić information content (AvgIpc) is 2.53. The number of hydrogen-bond acceptors (Lipinski definition) is 2. The molecule has 0 aliphatic carbocycles. The van der Waals surface area contributed by atoms with Crippen LogP contribution in [0.2, 0.25) is 0 Å². The third kappa shape index (κ3) is 2.92. The zero-order chi connectivity index (χ0) is 14.7. The first kappa shape index (κ1) is 13.7. The van der Waals surface area contributed by atoms with Crippen molar-refractivity contribution >= 4 is 11.5 Å². The number of benzene rings is 2. The first-order chi connectivity index (χ1) is 10.3. The second-order valence-corrected chi connectivity index (χ2v) is 5.58. The van der Waals surface area contributed by atoms with Crippen molar-refractivity contribution < 1.29 is 0 Å². The Morgan fingerprint density at radius 2 is 1.81 bits per heavy atom. The van der Waals surface area contributed by atoms with Crippen LogP contribution in [0.15, 0.2) is 54.6 Å². The van der Waals surface area contributed by atoms with Gasteiger partial charge in [0.05, 0.1) is 11.9 Å². The second kappa shape index (κ2) is 6.00. The summed E-state index contributed by atoms with van der Waals surface area (Å²) >= 11 is 0. The number of para-hydroxylation sites is 1. The summed E-state index contributed by atoms with van der Waals surface area (Å²) in [5.41, 5.74) is 9.63. The van der Waals surface area contributed by atoms with E-state index in [-0.39, 0.29) is 11.9 Å². The van der Waals surface area contributed by atoms with E-state index in [0.717, 1.165) is 19.4 Å². The van der Waals surface area contributed by atoms with Gasteiger partial charge in [-0.2, -0.15) is 0 Å². The standard InChI is InChI=1S/C18H21N3/c19-18(20)13-17(15-7-2-1-3-8-15)21-12-6-10-14-9-4-5-11-16(14)21/h1-5,7-9,11,17H,6,10,12-13H2,(H3,19,20). The summed E-state index contributed by atoms with van der Waals surface area (Å²) in [4.78, 5) is 2.41. The highest BCUT2D eigenvalue weighted by Crippen LogP contribution is 2.35. The molecule has 0 saturated carbocycles. The summed E-state index contributed by atoms with van der Waals surface area (Å²) < 4.78 is 0. The van der Waals surface area contributed by atoms with Crippen LogP contribution >= 0.6 is 0 Å². The summed E-state index contributed by atoms with van der Waals surface area (Å²) in [5, 5.41) is 7.73. The van der Waals surface area contributed by atoms with Gasteiger partial charge in [-0.3, -0.25) is 5.41 Å². The van der Waals surface area contributed by atoms with Crippen molar-refractivity contribution in [3.8, 4) is 0 Å². The first-order valence-corrected chi connectivity index (χ1v) is 7.48. The summed E-state index contributed by atoms with van der Waals surface area (Å²) in [6.45, 7) is 1.02. The molecule has 0 bridgehead atoms. The third-order valence-corrected chi connectivity index (χ3v) is 4.12. The minimum Gasteiger partial charge on any atom is -0.388 e. The van der Waals surface area contributed by atoms with Gasteiger partial charge in [0.25, 0.3) is 0 Å². The van der Waals surface area contributed by atoms with E-state index in [1.165, 1.54) is 16.8 Å². The average molecular weight is 279 g/mol. The molecule has 0 fully saturated rings. The second-order valence-electron chi connectivity index (χ2n) is 5.58. The van der Waals surface area contributed by atoms with Crippen LogP contribution in [0.1, 0.15) is 30.0 Å². The van der Waals surface area contributed by atoms with Crippen molar-refractivity contribution in [2.45, 2.75) is 25.3 Å². The van der Waals surface area contributed by atoms with E-state index in [4.69, 9.17) is 11.1 Å². The highest BCUT2D eigenvalue weighted by Gasteiger charge is 2.25. The van der Waals surface area contributed by atoms with Crippen LogP contribution in [-0.2, 0) is 6.42 Å². The Kier molecular flexibility index (Phi) is 3.91. The Morgan fingerprint density at radius 1 is 1.10 bits per heavy atom. The first-order valence-electron chi connectivity index (χ1n) is 7.48. The number of nitrogens with one attached hydrogen (secondary N) is 1. The number of fused-ring (bicyclic) bond motifs is 1. The lowest BCUT2D eigenvalue weighted by atomic mass is 9.95. The van der Waals surface area contributed by atoms with Crippen LogP contribution in [-0.4, -0.2) is 12.4 Å². The molecule has 0 amide bonds. The summed E-state index contributed by atoms with van der Waals surface area (Å²) in [5.74, 6) is 0.243. The van der Waals surface area contributed by atoms with Crippen LogP contribution in [0, 0.1) is 5.41 Å². The third-order valence-electron chi connectivity index (χ3n) is 4.12. The molecule has 108 valence electrons. The number of amidine groups is 1. The van der Waals surface area contributed by atoms with Gasteiger partial charge in [-0.05, 0) is 30.0 Å². The normalized spacial score (nSPS) is 15.3. The van der Waals surface area contributed by atoms with Crippen LogP contribution in [0.3, 0.4) is 0 Å². The zero-order valence-electron chi connectivity index (χ0n) is 12.1. The quantitative estimate of drug-likeness (QED) is 0.664. The van der Waals surface area contributed by atoms with Crippen molar-refractivity contribution in [1.82, 2.24) is 0 Å². The van der Waals surface area contributed by atoms with Gasteiger partial charge in [0.1, 0.15) is 0 Å².